The molecule has 0 aliphatic carbocycles. The van der Waals surface area contributed by atoms with Crippen LogP contribution < -0.4 is 15.5 Å². The molecule has 3 amide bonds. The van der Waals surface area contributed by atoms with Crippen LogP contribution in [-0.2, 0) is 14.3 Å². The summed E-state index contributed by atoms with van der Waals surface area (Å²) in [7, 11) is 0. The van der Waals surface area contributed by atoms with Crippen molar-refractivity contribution in [2.45, 2.75) is 32.8 Å². The van der Waals surface area contributed by atoms with E-state index in [1.54, 1.807) is 24.4 Å². The number of anilines is 2. The number of amides is 3. The highest BCUT2D eigenvalue weighted by atomic mass is 19.1. The van der Waals surface area contributed by atoms with Gasteiger partial charge in [-0.25, -0.2) is 14.2 Å². The van der Waals surface area contributed by atoms with Crippen molar-refractivity contribution in [1.82, 2.24) is 9.88 Å². The highest BCUT2D eigenvalue weighted by molar-refractivity contribution is 5.90. The van der Waals surface area contributed by atoms with Crippen molar-refractivity contribution in [2.24, 2.45) is 5.73 Å². The van der Waals surface area contributed by atoms with E-state index in [0.717, 1.165) is 11.4 Å². The molecule has 1 aromatic carbocycles. The molecule has 2 aromatic rings. The molecular weight excluding hydrogens is 465 g/mol. The van der Waals surface area contributed by atoms with Gasteiger partial charge in [0.05, 0.1) is 12.2 Å². The van der Waals surface area contributed by atoms with Crippen molar-refractivity contribution in [1.29, 1.82) is 0 Å². The summed E-state index contributed by atoms with van der Waals surface area (Å²) >= 11 is 0. The van der Waals surface area contributed by atoms with Crippen molar-refractivity contribution < 1.29 is 23.5 Å². The number of halogens is 1. The summed E-state index contributed by atoms with van der Waals surface area (Å²) in [6.07, 6.45) is 2.68. The fourth-order valence-electron chi connectivity index (χ4n) is 4.32. The van der Waals surface area contributed by atoms with Crippen LogP contribution in [0.1, 0.15) is 26.7 Å². The van der Waals surface area contributed by atoms with Gasteiger partial charge in [0.25, 0.3) is 0 Å². The number of carbonyl (C=O) groups excluding carboxylic acids is 3. The molecule has 2 aliphatic heterocycles. The van der Waals surface area contributed by atoms with E-state index in [4.69, 9.17) is 10.5 Å². The Kier molecular flexibility index (Phi) is 7.52. The molecule has 3 heterocycles. The number of pyridine rings is 1. The third-order valence-electron chi connectivity index (χ3n) is 6.24. The first-order valence-electron chi connectivity index (χ1n) is 11.9. The predicted molar refractivity (Wildman–Crippen MR) is 134 cm³/mol. The number of nitrogens with zero attached hydrogens (tertiary/aromatic N) is 4. The van der Waals surface area contributed by atoms with E-state index in [9.17, 15) is 14.4 Å². The number of ether oxygens (including phenoxy) is 1. The fourth-order valence-corrected chi connectivity index (χ4v) is 4.32. The lowest BCUT2D eigenvalue weighted by Gasteiger charge is -2.35. The van der Waals surface area contributed by atoms with Gasteiger partial charge in [0.15, 0.2) is 0 Å². The third-order valence-corrected chi connectivity index (χ3v) is 6.24. The number of cyclic esters (lactones) is 1. The maximum Gasteiger partial charge on any atom is 0.414 e. The molecule has 36 heavy (non-hydrogen) atoms. The molecule has 0 unspecified atom stereocenters. The van der Waals surface area contributed by atoms with Crippen molar-refractivity contribution in [3.8, 4) is 11.1 Å². The lowest BCUT2D eigenvalue weighted by molar-refractivity contribution is -0.126. The van der Waals surface area contributed by atoms with Gasteiger partial charge in [0, 0.05) is 56.0 Å². The number of piperazine rings is 1. The molecule has 0 saturated carbocycles. The van der Waals surface area contributed by atoms with Crippen molar-refractivity contribution in [2.75, 3.05) is 42.5 Å². The van der Waals surface area contributed by atoms with Crippen LogP contribution in [0.25, 0.3) is 11.1 Å². The normalized spacial score (nSPS) is 17.7. The standard InChI is InChI=1S/C26H30FN5O4/c1-17(2)13-25(34)31-11-9-30(10-12-31)24-8-3-18(15-29-24)21-6-4-19(14-22(21)27)32-16-20(36-26(32)35)5-7-23(28)33/h3-4,6,8,13-15,20H,5,7,9-12,16H2,1-2H3,(H2,28,33)/t20-/m0/s1. The zero-order chi connectivity index (χ0) is 25.8. The topological polar surface area (TPSA) is 109 Å². The second kappa shape index (κ2) is 10.8. The van der Waals surface area contributed by atoms with Crippen LogP contribution >= 0.6 is 0 Å². The number of carbonyl (C=O) groups is 3. The Labute approximate surface area is 209 Å². The molecule has 10 heteroatoms. The number of aromatic nitrogens is 1. The van der Waals surface area contributed by atoms with Crippen molar-refractivity contribution in [3.63, 3.8) is 0 Å². The van der Waals surface area contributed by atoms with E-state index in [1.165, 1.54) is 11.0 Å². The molecular formula is C26H30FN5O4. The van der Waals surface area contributed by atoms with Gasteiger partial charge >= 0.3 is 6.09 Å². The smallest absolute Gasteiger partial charge is 0.414 e. The summed E-state index contributed by atoms with van der Waals surface area (Å²) in [5.41, 5.74) is 7.50. The van der Waals surface area contributed by atoms with Crippen LogP contribution in [0.15, 0.2) is 48.2 Å². The van der Waals surface area contributed by atoms with Gasteiger partial charge in [-0.2, -0.15) is 0 Å². The fraction of sp³-hybridized carbons (Fsp3) is 0.385. The Bertz CT molecular complexity index is 1170. The van der Waals surface area contributed by atoms with Gasteiger partial charge in [-0.3, -0.25) is 14.5 Å². The minimum absolute atomic E-state index is 0.0280. The maximum absolute atomic E-state index is 15.0. The molecule has 2 aliphatic rings. The average Bonchev–Trinajstić information content (AvgIpc) is 3.23. The molecule has 0 bridgehead atoms. The number of allylic oxidation sites excluding steroid dienone is 1. The molecule has 190 valence electrons. The van der Waals surface area contributed by atoms with Gasteiger partial charge in [0.2, 0.25) is 11.8 Å². The Balaban J connectivity index is 1.39. The summed E-state index contributed by atoms with van der Waals surface area (Å²) in [5, 5.41) is 0. The molecule has 1 aromatic heterocycles. The van der Waals surface area contributed by atoms with Crippen LogP contribution in [0, 0.1) is 5.82 Å². The van der Waals surface area contributed by atoms with Gasteiger partial charge in [-0.1, -0.05) is 5.57 Å². The average molecular weight is 496 g/mol. The summed E-state index contributed by atoms with van der Waals surface area (Å²) < 4.78 is 20.3. The second-order valence-electron chi connectivity index (χ2n) is 9.22. The third kappa shape index (κ3) is 5.81. The number of hydrogen-bond donors (Lipinski definition) is 1. The van der Waals surface area contributed by atoms with Crippen LogP contribution in [0.5, 0.6) is 0 Å². The largest absolute Gasteiger partial charge is 0.444 e. The number of rotatable bonds is 7. The van der Waals surface area contributed by atoms with Crippen molar-refractivity contribution in [3.05, 3.63) is 54.0 Å². The minimum Gasteiger partial charge on any atom is -0.444 e. The number of primary amides is 1. The molecule has 2 saturated heterocycles. The first-order chi connectivity index (χ1) is 17.2. The molecule has 2 fully saturated rings. The highest BCUT2D eigenvalue weighted by Crippen LogP contribution is 2.30. The van der Waals surface area contributed by atoms with E-state index in [2.05, 4.69) is 9.88 Å². The Morgan fingerprint density at radius 1 is 1.17 bits per heavy atom. The van der Waals surface area contributed by atoms with E-state index >= 15 is 4.39 Å². The summed E-state index contributed by atoms with van der Waals surface area (Å²) in [6, 6.07) is 8.22. The van der Waals surface area contributed by atoms with Gasteiger partial charge < -0.3 is 20.3 Å². The first-order valence-corrected chi connectivity index (χ1v) is 11.9. The zero-order valence-corrected chi connectivity index (χ0v) is 20.4. The van der Waals surface area contributed by atoms with Crippen LogP contribution in [0.3, 0.4) is 0 Å². The number of benzene rings is 1. The summed E-state index contributed by atoms with van der Waals surface area (Å²) in [6.45, 7) is 6.61. The zero-order valence-electron chi connectivity index (χ0n) is 20.4. The first kappa shape index (κ1) is 25.2. The quantitative estimate of drug-likeness (QED) is 0.592. The summed E-state index contributed by atoms with van der Waals surface area (Å²) in [5.74, 6) is -0.148. The lowest BCUT2D eigenvalue weighted by atomic mass is 10.1. The van der Waals surface area contributed by atoms with E-state index in [-0.39, 0.29) is 18.9 Å². The van der Waals surface area contributed by atoms with E-state index < -0.39 is 23.9 Å². The Hall–Kier alpha value is -3.95. The monoisotopic (exact) mass is 495 g/mol. The summed E-state index contributed by atoms with van der Waals surface area (Å²) in [4.78, 5) is 45.2. The minimum atomic E-state index is -0.578. The number of hydrogen-bond acceptors (Lipinski definition) is 6. The van der Waals surface area contributed by atoms with E-state index in [1.807, 2.05) is 30.9 Å². The van der Waals surface area contributed by atoms with Gasteiger partial charge in [0.1, 0.15) is 17.7 Å². The highest BCUT2D eigenvalue weighted by Gasteiger charge is 2.32. The number of nitrogens with two attached hydrogens (primary N) is 1. The molecule has 0 radical (unpaired) electrons. The van der Waals surface area contributed by atoms with Crippen LogP contribution in [-0.4, -0.2) is 66.6 Å². The lowest BCUT2D eigenvalue weighted by Crippen LogP contribution is -2.48. The molecule has 4 rings (SSSR count). The van der Waals surface area contributed by atoms with Crippen LogP contribution in [0.4, 0.5) is 20.7 Å². The molecule has 2 N–H and O–H groups in total. The molecule has 9 nitrogen and oxygen atoms in total. The second-order valence-corrected chi connectivity index (χ2v) is 9.22. The van der Waals surface area contributed by atoms with E-state index in [0.29, 0.717) is 49.4 Å². The molecule has 0 spiro atoms. The Morgan fingerprint density at radius 3 is 2.53 bits per heavy atom. The predicted octanol–water partition coefficient (Wildman–Crippen LogP) is 3.09. The molecule has 1 atom stereocenters. The van der Waals surface area contributed by atoms with Crippen LogP contribution in [0.2, 0.25) is 0 Å². The van der Waals surface area contributed by atoms with Gasteiger partial charge in [-0.05, 0) is 50.6 Å². The van der Waals surface area contributed by atoms with Crippen molar-refractivity contribution >= 4 is 29.4 Å². The Morgan fingerprint density at radius 2 is 1.92 bits per heavy atom. The maximum atomic E-state index is 15.0. The van der Waals surface area contributed by atoms with Gasteiger partial charge in [-0.15, -0.1) is 0 Å². The SMILES string of the molecule is CC(C)=CC(=O)N1CCN(c2ccc(-c3ccc(N4C[C@H](CCC(N)=O)OC4=O)cc3F)cn2)CC1.